The van der Waals surface area contributed by atoms with Crippen LogP contribution in [-0.2, 0) is 10.3 Å². The number of unbranched alkanes of at least 4 members (excludes halogenated alkanes) is 1. The number of benzene rings is 4. The van der Waals surface area contributed by atoms with Gasteiger partial charge in [-0.1, -0.05) is 49.7 Å². The van der Waals surface area contributed by atoms with Crippen molar-refractivity contribution in [3.63, 3.8) is 0 Å². The zero-order valence-corrected chi connectivity index (χ0v) is 20.8. The Labute approximate surface area is 216 Å². The number of ether oxygens (including phenoxy) is 3. The number of fused-ring (bicyclic) bond motifs is 6. The number of para-hydroxylation sites is 1. The first-order valence-electron chi connectivity index (χ1n) is 12.6. The number of rotatable bonds is 7. The Balaban J connectivity index is 1.55. The van der Waals surface area contributed by atoms with Crippen molar-refractivity contribution in [3.05, 3.63) is 107 Å². The van der Waals surface area contributed by atoms with Crippen molar-refractivity contribution in [1.29, 1.82) is 0 Å². The molecule has 0 fully saturated rings. The normalized spacial score (nSPS) is 16.8. The van der Waals surface area contributed by atoms with Crippen molar-refractivity contribution in [2.45, 2.75) is 25.4 Å². The molecule has 0 aliphatic carbocycles. The molecule has 0 amide bonds. The molecule has 2 aliphatic heterocycles. The molecule has 1 unspecified atom stereocenters. The highest BCUT2D eigenvalue weighted by molar-refractivity contribution is 5.97. The molecular weight excluding hydrogens is 464 g/mol. The van der Waals surface area contributed by atoms with E-state index >= 15 is 0 Å². The zero-order chi connectivity index (χ0) is 25.4. The van der Waals surface area contributed by atoms with E-state index in [0.717, 1.165) is 53.1 Å². The molecule has 0 aromatic heterocycles. The standard InChI is InChI=1S/C31H28N2O4/c1-3-4-16-32-21-14-15-24-27(17-21)36-28-19-29(35-2)26(33-20-10-6-5-7-11-20)18-25(28)31(24)23-13-9-8-12-22(23)30(34)37-31/h5-15,17-19,32-33H,3-4,16H2,1-2H3. The van der Waals surface area contributed by atoms with Crippen molar-refractivity contribution in [3.8, 4) is 17.2 Å². The average molecular weight is 493 g/mol. The monoisotopic (exact) mass is 492 g/mol. The summed E-state index contributed by atoms with van der Waals surface area (Å²) in [5.41, 5.74) is 4.36. The predicted octanol–water partition coefficient (Wildman–Crippen LogP) is 7.22. The van der Waals surface area contributed by atoms with Gasteiger partial charge in [-0.3, -0.25) is 0 Å². The van der Waals surface area contributed by atoms with Crippen LogP contribution >= 0.6 is 0 Å². The van der Waals surface area contributed by atoms with Crippen LogP contribution in [0.4, 0.5) is 17.1 Å². The summed E-state index contributed by atoms with van der Waals surface area (Å²) < 4.78 is 18.5. The first kappa shape index (κ1) is 23.0. The number of carbonyl (C=O) groups is 1. The highest BCUT2D eigenvalue weighted by Crippen LogP contribution is 2.58. The Morgan fingerprint density at radius 1 is 0.838 bits per heavy atom. The number of methoxy groups -OCH3 is 1. The van der Waals surface area contributed by atoms with Crippen LogP contribution in [0.5, 0.6) is 17.2 Å². The van der Waals surface area contributed by atoms with E-state index in [4.69, 9.17) is 14.2 Å². The van der Waals surface area contributed by atoms with E-state index in [9.17, 15) is 4.79 Å². The summed E-state index contributed by atoms with van der Waals surface area (Å²) in [6, 6.07) is 27.3. The third-order valence-corrected chi connectivity index (χ3v) is 6.95. The van der Waals surface area contributed by atoms with Crippen LogP contribution < -0.4 is 20.1 Å². The molecule has 6 heteroatoms. The Kier molecular flexibility index (Phi) is 5.72. The fraction of sp³-hybridized carbons (Fsp3) is 0.194. The van der Waals surface area contributed by atoms with Crippen molar-refractivity contribution < 1.29 is 19.0 Å². The van der Waals surface area contributed by atoms with Gasteiger partial charge in [0.15, 0.2) is 5.60 Å². The van der Waals surface area contributed by atoms with E-state index in [1.165, 1.54) is 0 Å². The Morgan fingerprint density at radius 3 is 2.43 bits per heavy atom. The third-order valence-electron chi connectivity index (χ3n) is 6.95. The van der Waals surface area contributed by atoms with Gasteiger partial charge in [-0.15, -0.1) is 0 Å². The lowest BCUT2D eigenvalue weighted by molar-refractivity contribution is 0.0224. The van der Waals surface area contributed by atoms with Gasteiger partial charge in [0.05, 0.1) is 18.4 Å². The van der Waals surface area contributed by atoms with Crippen molar-refractivity contribution in [2.75, 3.05) is 24.3 Å². The topological polar surface area (TPSA) is 68.8 Å². The van der Waals surface area contributed by atoms with Gasteiger partial charge in [0.2, 0.25) is 0 Å². The summed E-state index contributed by atoms with van der Waals surface area (Å²) in [7, 11) is 1.63. The van der Waals surface area contributed by atoms with Gasteiger partial charge in [-0.25, -0.2) is 4.79 Å². The summed E-state index contributed by atoms with van der Waals surface area (Å²) in [4.78, 5) is 13.2. The molecule has 6 rings (SSSR count). The molecule has 0 bridgehead atoms. The number of anilines is 3. The maximum absolute atomic E-state index is 13.2. The van der Waals surface area contributed by atoms with Crippen LogP contribution in [0.3, 0.4) is 0 Å². The first-order valence-corrected chi connectivity index (χ1v) is 12.6. The van der Waals surface area contributed by atoms with E-state index in [1.807, 2.05) is 84.9 Å². The number of hydrogen-bond acceptors (Lipinski definition) is 6. The summed E-state index contributed by atoms with van der Waals surface area (Å²) in [6.45, 7) is 3.04. The van der Waals surface area contributed by atoms with Crippen LogP contribution in [0.2, 0.25) is 0 Å². The van der Waals surface area contributed by atoms with Gasteiger partial charge in [0.25, 0.3) is 0 Å². The number of carbonyl (C=O) groups excluding carboxylic acids is 1. The Bertz CT molecular complexity index is 1480. The summed E-state index contributed by atoms with van der Waals surface area (Å²) in [5, 5.41) is 6.91. The average Bonchev–Trinajstić information content (AvgIpc) is 3.22. The highest BCUT2D eigenvalue weighted by Gasteiger charge is 2.53. The molecule has 2 heterocycles. The van der Waals surface area contributed by atoms with Gasteiger partial charge in [-0.2, -0.15) is 0 Å². The second-order valence-electron chi connectivity index (χ2n) is 9.25. The number of esters is 1. The molecule has 4 aromatic carbocycles. The summed E-state index contributed by atoms with van der Waals surface area (Å²) >= 11 is 0. The summed E-state index contributed by atoms with van der Waals surface area (Å²) in [6.07, 6.45) is 2.18. The second-order valence-corrected chi connectivity index (χ2v) is 9.25. The molecule has 6 nitrogen and oxygen atoms in total. The van der Waals surface area contributed by atoms with Crippen LogP contribution in [0.15, 0.2) is 84.9 Å². The van der Waals surface area contributed by atoms with E-state index in [0.29, 0.717) is 22.8 Å². The molecule has 0 saturated heterocycles. The minimum atomic E-state index is -1.14. The molecule has 186 valence electrons. The SMILES string of the molecule is CCCCNc1ccc2c(c1)Oc1cc(OC)c(Nc3ccccc3)cc1C21OC(=O)c2ccccc21. The highest BCUT2D eigenvalue weighted by atomic mass is 16.6. The van der Waals surface area contributed by atoms with Crippen LogP contribution in [0.1, 0.15) is 46.8 Å². The quantitative estimate of drug-likeness (QED) is 0.210. The molecule has 4 aromatic rings. The zero-order valence-electron chi connectivity index (χ0n) is 20.8. The molecule has 2 N–H and O–H groups in total. The largest absolute Gasteiger partial charge is 0.494 e. The minimum Gasteiger partial charge on any atom is -0.494 e. The maximum Gasteiger partial charge on any atom is 0.340 e. The van der Waals surface area contributed by atoms with Gasteiger partial charge in [0, 0.05) is 46.7 Å². The van der Waals surface area contributed by atoms with Gasteiger partial charge in [-0.05, 0) is 42.8 Å². The number of hydrogen-bond donors (Lipinski definition) is 2. The Morgan fingerprint density at radius 2 is 1.62 bits per heavy atom. The Hall–Kier alpha value is -4.45. The van der Waals surface area contributed by atoms with E-state index in [1.54, 1.807) is 7.11 Å². The molecular formula is C31H28N2O4. The van der Waals surface area contributed by atoms with Crippen LogP contribution in [0, 0.1) is 0 Å². The van der Waals surface area contributed by atoms with Crippen molar-refractivity contribution >= 4 is 23.0 Å². The molecule has 1 spiro atoms. The molecule has 2 aliphatic rings. The second kappa shape index (κ2) is 9.21. The van der Waals surface area contributed by atoms with Crippen LogP contribution in [-0.4, -0.2) is 19.6 Å². The smallest absolute Gasteiger partial charge is 0.340 e. The van der Waals surface area contributed by atoms with Crippen LogP contribution in [0.25, 0.3) is 0 Å². The van der Waals surface area contributed by atoms with Gasteiger partial charge < -0.3 is 24.8 Å². The molecule has 37 heavy (non-hydrogen) atoms. The molecule has 1 atom stereocenters. The molecule has 0 saturated carbocycles. The van der Waals surface area contributed by atoms with Crippen molar-refractivity contribution in [1.82, 2.24) is 0 Å². The fourth-order valence-electron chi connectivity index (χ4n) is 5.16. The first-order chi connectivity index (χ1) is 18.1. The fourth-order valence-corrected chi connectivity index (χ4v) is 5.16. The van der Waals surface area contributed by atoms with E-state index < -0.39 is 5.60 Å². The van der Waals surface area contributed by atoms with Gasteiger partial charge in [0.1, 0.15) is 17.2 Å². The van der Waals surface area contributed by atoms with E-state index in [-0.39, 0.29) is 5.97 Å². The lowest BCUT2D eigenvalue weighted by Crippen LogP contribution is -2.33. The van der Waals surface area contributed by atoms with Crippen molar-refractivity contribution in [2.24, 2.45) is 0 Å². The maximum atomic E-state index is 13.2. The third kappa shape index (κ3) is 3.76. The lowest BCUT2D eigenvalue weighted by Gasteiger charge is -2.37. The molecule has 0 radical (unpaired) electrons. The predicted molar refractivity (Wildman–Crippen MR) is 144 cm³/mol. The number of nitrogens with one attached hydrogen (secondary N) is 2. The van der Waals surface area contributed by atoms with Gasteiger partial charge >= 0.3 is 5.97 Å². The van der Waals surface area contributed by atoms with E-state index in [2.05, 4.69) is 17.6 Å². The minimum absolute atomic E-state index is 0.354. The lowest BCUT2D eigenvalue weighted by atomic mass is 9.77. The summed E-state index contributed by atoms with van der Waals surface area (Å²) in [5.74, 6) is 1.49.